The molecule has 0 saturated carbocycles. The summed E-state index contributed by atoms with van der Waals surface area (Å²) in [5.74, 6) is -0.587. The molecule has 0 aliphatic rings. The highest BCUT2D eigenvalue weighted by Crippen LogP contribution is 1.97. The van der Waals surface area contributed by atoms with E-state index in [0.29, 0.717) is 0 Å². The molecule has 2 rings (SSSR count). The van der Waals surface area contributed by atoms with Crippen molar-refractivity contribution in [1.29, 1.82) is 0 Å². The lowest BCUT2D eigenvalue weighted by atomic mass is 10.4. The molecule has 1 amide bonds. The molecule has 2 aromatic rings. The van der Waals surface area contributed by atoms with Gasteiger partial charge in [-0.25, -0.2) is 9.78 Å². The summed E-state index contributed by atoms with van der Waals surface area (Å²) in [5, 5.41) is 2.30. The third kappa shape index (κ3) is 2.43. The fourth-order valence-corrected chi connectivity index (χ4v) is 1.11. The number of H-pyrrole nitrogens is 2. The van der Waals surface area contributed by atoms with E-state index in [4.69, 9.17) is 0 Å². The van der Waals surface area contributed by atoms with E-state index in [9.17, 15) is 14.4 Å². The summed E-state index contributed by atoms with van der Waals surface area (Å²) in [6, 6.07) is 0. The molecule has 0 fully saturated rings. The fraction of sp³-hybridized carbons (Fsp3) is 0. The lowest BCUT2D eigenvalue weighted by molar-refractivity contribution is 0.102. The molecule has 0 radical (unpaired) electrons. The van der Waals surface area contributed by atoms with Crippen LogP contribution in [-0.2, 0) is 0 Å². The minimum Gasteiger partial charge on any atom is -0.315 e. The highest BCUT2D eigenvalue weighted by Gasteiger charge is 2.09. The maximum atomic E-state index is 11.6. The summed E-state index contributed by atoms with van der Waals surface area (Å²) in [6.45, 7) is 0. The van der Waals surface area contributed by atoms with Crippen LogP contribution in [0.5, 0.6) is 0 Å². The molecule has 0 saturated heterocycles. The Kier molecular flexibility index (Phi) is 2.77. The van der Waals surface area contributed by atoms with Crippen LogP contribution in [0.1, 0.15) is 10.5 Å². The summed E-state index contributed by atoms with van der Waals surface area (Å²) < 4.78 is 0. The third-order valence-corrected chi connectivity index (χ3v) is 1.86. The van der Waals surface area contributed by atoms with Crippen LogP contribution in [0, 0.1) is 0 Å². The van der Waals surface area contributed by atoms with Crippen molar-refractivity contribution in [2.45, 2.75) is 0 Å². The van der Waals surface area contributed by atoms with Gasteiger partial charge in [-0.2, -0.15) is 0 Å². The molecular formula is C9H7N5O3. The molecule has 8 heteroatoms. The Bertz CT molecular complexity index is 645. The largest absolute Gasteiger partial charge is 0.325 e. The molecule has 0 aromatic carbocycles. The van der Waals surface area contributed by atoms with Crippen LogP contribution in [0.2, 0.25) is 0 Å². The van der Waals surface area contributed by atoms with Crippen LogP contribution in [0.25, 0.3) is 0 Å². The van der Waals surface area contributed by atoms with Gasteiger partial charge in [-0.05, 0) is 0 Å². The summed E-state index contributed by atoms with van der Waals surface area (Å²) >= 11 is 0. The van der Waals surface area contributed by atoms with Gasteiger partial charge >= 0.3 is 5.69 Å². The van der Waals surface area contributed by atoms with E-state index in [1.54, 1.807) is 0 Å². The van der Waals surface area contributed by atoms with Crippen molar-refractivity contribution < 1.29 is 4.79 Å². The molecule has 2 aromatic heterocycles. The predicted molar refractivity (Wildman–Crippen MR) is 57.7 cm³/mol. The Morgan fingerprint density at radius 2 is 2.12 bits per heavy atom. The van der Waals surface area contributed by atoms with E-state index in [0.717, 1.165) is 6.20 Å². The molecule has 0 aliphatic carbocycles. The van der Waals surface area contributed by atoms with Crippen molar-refractivity contribution in [2.24, 2.45) is 0 Å². The number of aromatic amines is 2. The number of carbonyl (C=O) groups excluding carboxylic acids is 1. The predicted octanol–water partition coefficient (Wildman–Crippen LogP) is -0.895. The Hall–Kier alpha value is -2.77. The zero-order valence-corrected chi connectivity index (χ0v) is 8.43. The van der Waals surface area contributed by atoms with Crippen LogP contribution in [-0.4, -0.2) is 25.8 Å². The minimum atomic E-state index is -0.689. The standard InChI is InChI=1S/C9H7N5O3/c15-7(5-3-10-1-2-11-5)13-6-4-12-9(17)14-8(6)16/h1-4H,(H,13,15)(H2,12,14,16,17). The molecule has 2 heterocycles. The lowest BCUT2D eigenvalue weighted by Crippen LogP contribution is -2.26. The highest BCUT2D eigenvalue weighted by atomic mass is 16.2. The van der Waals surface area contributed by atoms with Gasteiger partial charge in [-0.3, -0.25) is 19.6 Å². The van der Waals surface area contributed by atoms with Crippen molar-refractivity contribution in [2.75, 3.05) is 5.32 Å². The molecule has 0 atom stereocenters. The quantitative estimate of drug-likeness (QED) is 0.621. The molecule has 86 valence electrons. The number of amides is 1. The summed E-state index contributed by atoms with van der Waals surface area (Å²) in [6.07, 6.45) is 5.14. The van der Waals surface area contributed by atoms with E-state index >= 15 is 0 Å². The van der Waals surface area contributed by atoms with Crippen molar-refractivity contribution in [1.82, 2.24) is 19.9 Å². The highest BCUT2D eigenvalue weighted by molar-refractivity contribution is 6.02. The molecule has 0 unspecified atom stereocenters. The van der Waals surface area contributed by atoms with E-state index in [2.05, 4.69) is 20.3 Å². The first kappa shape index (κ1) is 10.7. The normalized spacial score (nSPS) is 9.88. The number of rotatable bonds is 2. The van der Waals surface area contributed by atoms with Crippen LogP contribution in [0.3, 0.4) is 0 Å². The van der Waals surface area contributed by atoms with Crippen molar-refractivity contribution in [3.05, 3.63) is 51.3 Å². The molecule has 17 heavy (non-hydrogen) atoms. The summed E-state index contributed by atoms with van der Waals surface area (Å²) in [4.78, 5) is 45.3. The zero-order chi connectivity index (χ0) is 12.3. The second-order valence-electron chi connectivity index (χ2n) is 3.03. The minimum absolute atomic E-state index is 0.0677. The lowest BCUT2D eigenvalue weighted by Gasteiger charge is -2.01. The van der Waals surface area contributed by atoms with Crippen LogP contribution >= 0.6 is 0 Å². The number of anilines is 1. The van der Waals surface area contributed by atoms with Gasteiger partial charge in [0.05, 0.1) is 6.20 Å². The van der Waals surface area contributed by atoms with Gasteiger partial charge in [0.2, 0.25) is 0 Å². The Morgan fingerprint density at radius 3 is 2.76 bits per heavy atom. The smallest absolute Gasteiger partial charge is 0.315 e. The van der Waals surface area contributed by atoms with Crippen molar-refractivity contribution in [3.63, 3.8) is 0 Å². The summed E-state index contributed by atoms with van der Waals surface area (Å²) in [5.41, 5.74) is -1.34. The van der Waals surface area contributed by atoms with Crippen molar-refractivity contribution in [3.8, 4) is 0 Å². The second kappa shape index (κ2) is 4.39. The van der Waals surface area contributed by atoms with Gasteiger partial charge in [-0.15, -0.1) is 0 Å². The first-order valence-corrected chi connectivity index (χ1v) is 4.56. The zero-order valence-electron chi connectivity index (χ0n) is 8.43. The van der Waals surface area contributed by atoms with Gasteiger partial charge in [0.1, 0.15) is 11.4 Å². The second-order valence-corrected chi connectivity index (χ2v) is 3.03. The summed E-state index contributed by atoms with van der Waals surface area (Å²) in [7, 11) is 0. The molecule has 3 N–H and O–H groups in total. The maximum absolute atomic E-state index is 11.6. The van der Waals surface area contributed by atoms with Gasteiger partial charge in [0.15, 0.2) is 0 Å². The monoisotopic (exact) mass is 233 g/mol. The molecule has 0 aliphatic heterocycles. The van der Waals surface area contributed by atoms with E-state index < -0.39 is 17.2 Å². The van der Waals surface area contributed by atoms with E-state index in [1.165, 1.54) is 18.6 Å². The SMILES string of the molecule is O=C(Nc1c[nH]c(=O)[nH]c1=O)c1cnccn1. The number of nitrogens with zero attached hydrogens (tertiary/aromatic N) is 2. The Balaban J connectivity index is 2.25. The van der Waals surface area contributed by atoms with Crippen molar-refractivity contribution >= 4 is 11.6 Å². The van der Waals surface area contributed by atoms with Crippen LogP contribution in [0.4, 0.5) is 5.69 Å². The maximum Gasteiger partial charge on any atom is 0.325 e. The molecule has 8 nitrogen and oxygen atoms in total. The van der Waals surface area contributed by atoms with Gasteiger partial charge < -0.3 is 10.3 Å². The average molecular weight is 233 g/mol. The molecular weight excluding hydrogens is 226 g/mol. The number of aromatic nitrogens is 4. The first-order valence-electron chi connectivity index (χ1n) is 4.56. The van der Waals surface area contributed by atoms with E-state index in [1.807, 2.05) is 4.98 Å². The average Bonchev–Trinajstić information content (AvgIpc) is 2.34. The topological polar surface area (TPSA) is 121 Å². The molecule has 0 bridgehead atoms. The van der Waals surface area contributed by atoms with E-state index in [-0.39, 0.29) is 11.4 Å². The number of hydrogen-bond acceptors (Lipinski definition) is 5. The van der Waals surface area contributed by atoms with Gasteiger partial charge in [0, 0.05) is 18.6 Å². The van der Waals surface area contributed by atoms with Crippen LogP contribution < -0.4 is 16.6 Å². The first-order chi connectivity index (χ1) is 8.16. The van der Waals surface area contributed by atoms with Crippen LogP contribution in [0.15, 0.2) is 34.4 Å². The van der Waals surface area contributed by atoms with Gasteiger partial charge in [-0.1, -0.05) is 0 Å². The third-order valence-electron chi connectivity index (χ3n) is 1.86. The van der Waals surface area contributed by atoms with Gasteiger partial charge in [0.25, 0.3) is 11.5 Å². The molecule has 0 spiro atoms. The Labute approximate surface area is 93.8 Å². The number of hydrogen-bond donors (Lipinski definition) is 3. The number of carbonyl (C=O) groups is 1. The Morgan fingerprint density at radius 1 is 1.29 bits per heavy atom. The fourth-order valence-electron chi connectivity index (χ4n) is 1.11. The number of nitrogens with one attached hydrogen (secondary N) is 3.